The van der Waals surface area contributed by atoms with E-state index < -0.39 is 0 Å². The maximum absolute atomic E-state index is 12.1. The number of urea groups is 1. The third-order valence-electron chi connectivity index (χ3n) is 3.64. The number of likely N-dealkylation sites (N-methyl/N-ethyl adjacent to an activating group) is 1. The van der Waals surface area contributed by atoms with Crippen LogP contribution in [0.2, 0.25) is 0 Å². The summed E-state index contributed by atoms with van der Waals surface area (Å²) in [6, 6.07) is 0.0232. The number of nitrogens with one attached hydrogen (secondary N) is 1. The summed E-state index contributed by atoms with van der Waals surface area (Å²) in [6.45, 7) is 10.3. The van der Waals surface area contributed by atoms with E-state index in [1.54, 1.807) is 0 Å². The van der Waals surface area contributed by atoms with E-state index in [-0.39, 0.29) is 11.6 Å². The van der Waals surface area contributed by atoms with Gasteiger partial charge >= 0.3 is 6.03 Å². The highest BCUT2D eigenvalue weighted by atomic mass is 16.2. The second-order valence-electron chi connectivity index (χ2n) is 4.47. The summed E-state index contributed by atoms with van der Waals surface area (Å²) in [5.41, 5.74) is 5.69. The maximum atomic E-state index is 12.1. The molecule has 0 aromatic carbocycles. The molecule has 102 valence electrons. The number of rotatable bonds is 8. The number of carbonyl (C=O) groups is 1. The summed E-state index contributed by atoms with van der Waals surface area (Å²) < 4.78 is 0. The van der Waals surface area contributed by atoms with E-state index in [0.29, 0.717) is 13.1 Å². The van der Waals surface area contributed by atoms with Crippen LogP contribution in [-0.2, 0) is 0 Å². The summed E-state index contributed by atoms with van der Waals surface area (Å²) in [7, 11) is 0. The number of hydrogen-bond donors (Lipinski definition) is 2. The van der Waals surface area contributed by atoms with Crippen molar-refractivity contribution >= 4 is 6.03 Å². The summed E-state index contributed by atoms with van der Waals surface area (Å²) in [5, 5.41) is 2.97. The molecule has 3 N–H and O–H groups in total. The molecular weight excluding hydrogens is 214 g/mol. The molecular formula is C13H29N3O. The zero-order valence-corrected chi connectivity index (χ0v) is 11.9. The second kappa shape index (κ2) is 8.34. The Morgan fingerprint density at radius 1 is 1.24 bits per heavy atom. The van der Waals surface area contributed by atoms with Crippen LogP contribution < -0.4 is 11.1 Å². The minimum atomic E-state index is -0.189. The van der Waals surface area contributed by atoms with Gasteiger partial charge in [-0.05, 0) is 26.2 Å². The van der Waals surface area contributed by atoms with E-state index in [1.165, 1.54) is 0 Å². The van der Waals surface area contributed by atoms with Crippen LogP contribution in [0.4, 0.5) is 4.79 Å². The third kappa shape index (κ3) is 4.19. The smallest absolute Gasteiger partial charge is 0.317 e. The number of nitrogens with two attached hydrogens (primary N) is 1. The Kier molecular flexibility index (Phi) is 7.96. The highest BCUT2D eigenvalue weighted by molar-refractivity contribution is 5.75. The summed E-state index contributed by atoms with van der Waals surface area (Å²) in [5.74, 6) is 0. The van der Waals surface area contributed by atoms with E-state index in [2.05, 4.69) is 26.1 Å². The molecule has 0 bridgehead atoms. The molecule has 17 heavy (non-hydrogen) atoms. The second-order valence-corrected chi connectivity index (χ2v) is 4.47. The van der Waals surface area contributed by atoms with Crippen molar-refractivity contribution in [1.82, 2.24) is 10.2 Å². The van der Waals surface area contributed by atoms with Gasteiger partial charge in [-0.15, -0.1) is 0 Å². The first kappa shape index (κ1) is 16.2. The van der Waals surface area contributed by atoms with Crippen molar-refractivity contribution in [3.63, 3.8) is 0 Å². The molecule has 0 aromatic rings. The number of amides is 2. The fraction of sp³-hybridized carbons (Fsp3) is 0.923. The predicted molar refractivity (Wildman–Crippen MR) is 73.1 cm³/mol. The average molecular weight is 243 g/mol. The van der Waals surface area contributed by atoms with Gasteiger partial charge in [0.05, 0.1) is 5.54 Å². The van der Waals surface area contributed by atoms with Gasteiger partial charge in [-0.2, -0.15) is 0 Å². The van der Waals surface area contributed by atoms with Crippen molar-refractivity contribution in [2.45, 2.75) is 58.9 Å². The van der Waals surface area contributed by atoms with Gasteiger partial charge in [-0.1, -0.05) is 27.2 Å². The quantitative estimate of drug-likeness (QED) is 0.643. The number of unbranched alkanes of at least 4 members (excludes halogenated alkanes) is 1. The SMILES string of the molecule is CCCCNC(=O)N(CC)C(CC)(CC)CN. The van der Waals surface area contributed by atoms with Crippen LogP contribution in [0.25, 0.3) is 0 Å². The fourth-order valence-corrected chi connectivity index (χ4v) is 2.19. The van der Waals surface area contributed by atoms with Crippen LogP contribution in [-0.4, -0.2) is 36.1 Å². The molecule has 0 heterocycles. The first-order chi connectivity index (χ1) is 8.11. The lowest BCUT2D eigenvalue weighted by atomic mass is 9.91. The van der Waals surface area contributed by atoms with Gasteiger partial charge in [-0.25, -0.2) is 4.79 Å². The van der Waals surface area contributed by atoms with E-state index in [0.717, 1.165) is 32.2 Å². The van der Waals surface area contributed by atoms with Gasteiger partial charge in [0.2, 0.25) is 0 Å². The molecule has 0 saturated carbocycles. The molecule has 0 aliphatic rings. The van der Waals surface area contributed by atoms with Gasteiger partial charge in [0.1, 0.15) is 0 Å². The summed E-state index contributed by atoms with van der Waals surface area (Å²) in [4.78, 5) is 14.0. The van der Waals surface area contributed by atoms with Crippen LogP contribution in [0.5, 0.6) is 0 Å². The molecule has 0 aromatic heterocycles. The zero-order chi connectivity index (χ0) is 13.3. The van der Waals surface area contributed by atoms with Gasteiger partial charge in [0.25, 0.3) is 0 Å². The predicted octanol–water partition coefficient (Wildman–Crippen LogP) is 2.34. The van der Waals surface area contributed by atoms with Gasteiger partial charge < -0.3 is 16.0 Å². The topological polar surface area (TPSA) is 58.4 Å². The first-order valence-electron chi connectivity index (χ1n) is 6.87. The Morgan fingerprint density at radius 2 is 1.82 bits per heavy atom. The lowest BCUT2D eigenvalue weighted by molar-refractivity contribution is 0.113. The Morgan fingerprint density at radius 3 is 2.18 bits per heavy atom. The van der Waals surface area contributed by atoms with Crippen molar-refractivity contribution in [3.8, 4) is 0 Å². The Labute approximate surface area is 106 Å². The van der Waals surface area contributed by atoms with Gasteiger partial charge in [0.15, 0.2) is 0 Å². The van der Waals surface area contributed by atoms with Crippen molar-refractivity contribution in [3.05, 3.63) is 0 Å². The molecule has 0 atom stereocenters. The van der Waals surface area contributed by atoms with Crippen LogP contribution in [0.1, 0.15) is 53.4 Å². The molecule has 4 heteroatoms. The molecule has 0 unspecified atom stereocenters. The number of hydrogen-bond acceptors (Lipinski definition) is 2. The van der Waals surface area contributed by atoms with Gasteiger partial charge in [-0.3, -0.25) is 0 Å². The van der Waals surface area contributed by atoms with Crippen LogP contribution >= 0.6 is 0 Å². The zero-order valence-electron chi connectivity index (χ0n) is 11.9. The maximum Gasteiger partial charge on any atom is 0.317 e. The molecule has 0 aliphatic heterocycles. The lowest BCUT2D eigenvalue weighted by Gasteiger charge is -2.41. The highest BCUT2D eigenvalue weighted by Crippen LogP contribution is 2.22. The number of nitrogens with zero attached hydrogens (tertiary/aromatic N) is 1. The standard InChI is InChI=1S/C13H29N3O/c1-5-9-10-15-12(17)16(8-4)13(6-2,7-3)11-14/h5-11,14H2,1-4H3,(H,15,17). The molecule has 0 aliphatic carbocycles. The Bertz CT molecular complexity index is 206. The summed E-state index contributed by atoms with van der Waals surface area (Å²) >= 11 is 0. The third-order valence-corrected chi connectivity index (χ3v) is 3.64. The van der Waals surface area contributed by atoms with Crippen LogP contribution in [0.3, 0.4) is 0 Å². The molecule has 0 rings (SSSR count). The minimum absolute atomic E-state index is 0.0232. The molecule has 0 spiro atoms. The minimum Gasteiger partial charge on any atom is -0.338 e. The van der Waals surface area contributed by atoms with Crippen molar-refractivity contribution in [2.75, 3.05) is 19.6 Å². The molecule has 4 nitrogen and oxygen atoms in total. The van der Waals surface area contributed by atoms with Gasteiger partial charge in [0, 0.05) is 19.6 Å². The van der Waals surface area contributed by atoms with E-state index in [9.17, 15) is 4.79 Å². The first-order valence-corrected chi connectivity index (χ1v) is 6.87. The highest BCUT2D eigenvalue weighted by Gasteiger charge is 2.34. The van der Waals surface area contributed by atoms with Crippen LogP contribution in [0.15, 0.2) is 0 Å². The monoisotopic (exact) mass is 243 g/mol. The Balaban J connectivity index is 4.61. The van der Waals surface area contributed by atoms with Crippen molar-refractivity contribution < 1.29 is 4.79 Å². The van der Waals surface area contributed by atoms with E-state index in [1.807, 2.05) is 11.8 Å². The molecule has 0 fully saturated rings. The van der Waals surface area contributed by atoms with E-state index >= 15 is 0 Å². The van der Waals surface area contributed by atoms with Crippen molar-refractivity contribution in [2.24, 2.45) is 5.73 Å². The lowest BCUT2D eigenvalue weighted by Crippen LogP contribution is -2.58. The molecule has 0 radical (unpaired) electrons. The fourth-order valence-electron chi connectivity index (χ4n) is 2.19. The largest absolute Gasteiger partial charge is 0.338 e. The average Bonchev–Trinajstić information content (AvgIpc) is 2.36. The molecule has 2 amide bonds. The normalized spacial score (nSPS) is 11.4. The number of carbonyl (C=O) groups excluding carboxylic acids is 1. The summed E-state index contributed by atoms with van der Waals surface area (Å²) in [6.07, 6.45) is 3.91. The van der Waals surface area contributed by atoms with E-state index in [4.69, 9.17) is 5.73 Å². The van der Waals surface area contributed by atoms with Crippen LogP contribution in [0, 0.1) is 0 Å². The van der Waals surface area contributed by atoms with Crippen molar-refractivity contribution in [1.29, 1.82) is 0 Å². The molecule has 0 saturated heterocycles. The Hall–Kier alpha value is -0.770.